The molecule has 92 valence electrons. The lowest BCUT2D eigenvalue weighted by atomic mass is 10.2. The number of benzene rings is 2. The van der Waals surface area contributed by atoms with Gasteiger partial charge in [0.15, 0.2) is 10.9 Å². The maximum atomic E-state index is 5.81. The summed E-state index contributed by atoms with van der Waals surface area (Å²) in [6.45, 7) is 1.97. The smallest absolute Gasteiger partial charge is 0.168 e. The van der Waals surface area contributed by atoms with Gasteiger partial charge in [-0.1, -0.05) is 30.3 Å². The monoisotopic (exact) mass is 258 g/mol. The number of thiocarbonyl (C=S) groups is 1. The summed E-state index contributed by atoms with van der Waals surface area (Å²) in [5, 5.41) is 3.17. The van der Waals surface area contributed by atoms with Crippen LogP contribution in [0.15, 0.2) is 48.5 Å². The summed E-state index contributed by atoms with van der Waals surface area (Å²) in [6.07, 6.45) is 0. The molecule has 0 radical (unpaired) electrons. The minimum absolute atomic E-state index is 0.224. The quantitative estimate of drug-likeness (QED) is 0.828. The number of rotatable bonds is 3. The SMILES string of the molecule is Cc1cccc(Oc2ccccc2)c1NC(N)=S. The Kier molecular flexibility index (Phi) is 3.79. The Morgan fingerprint density at radius 1 is 1.11 bits per heavy atom. The highest BCUT2D eigenvalue weighted by atomic mass is 32.1. The van der Waals surface area contributed by atoms with Gasteiger partial charge in [-0.05, 0) is 42.9 Å². The van der Waals surface area contributed by atoms with Gasteiger partial charge in [-0.3, -0.25) is 0 Å². The van der Waals surface area contributed by atoms with Gasteiger partial charge in [-0.2, -0.15) is 0 Å². The first-order valence-corrected chi connectivity index (χ1v) is 5.96. The second kappa shape index (κ2) is 5.51. The standard InChI is InChI=1S/C14H14N2OS/c1-10-6-5-9-12(13(10)16-14(15)18)17-11-7-3-2-4-8-11/h2-9H,1H3,(H3,15,16,18). The van der Waals surface area contributed by atoms with Crippen LogP contribution in [-0.2, 0) is 0 Å². The van der Waals surface area contributed by atoms with E-state index in [4.69, 9.17) is 22.7 Å². The maximum Gasteiger partial charge on any atom is 0.168 e. The van der Waals surface area contributed by atoms with Crippen molar-refractivity contribution in [2.24, 2.45) is 5.73 Å². The number of ether oxygens (including phenoxy) is 1. The third kappa shape index (κ3) is 2.99. The van der Waals surface area contributed by atoms with Crippen LogP contribution in [-0.4, -0.2) is 5.11 Å². The lowest BCUT2D eigenvalue weighted by Crippen LogP contribution is -2.19. The van der Waals surface area contributed by atoms with Gasteiger partial charge in [0.05, 0.1) is 5.69 Å². The predicted molar refractivity (Wildman–Crippen MR) is 78.1 cm³/mol. The van der Waals surface area contributed by atoms with Crippen LogP contribution in [0.3, 0.4) is 0 Å². The van der Waals surface area contributed by atoms with E-state index in [1.54, 1.807) is 0 Å². The van der Waals surface area contributed by atoms with Crippen molar-refractivity contribution >= 4 is 23.0 Å². The number of aryl methyl sites for hydroxylation is 1. The summed E-state index contributed by atoms with van der Waals surface area (Å²) in [4.78, 5) is 0. The van der Waals surface area contributed by atoms with Crippen molar-refractivity contribution in [1.29, 1.82) is 0 Å². The number of anilines is 1. The Morgan fingerprint density at radius 2 is 1.83 bits per heavy atom. The predicted octanol–water partition coefficient (Wildman–Crippen LogP) is 3.44. The molecule has 0 amide bonds. The van der Waals surface area contributed by atoms with E-state index < -0.39 is 0 Å². The molecule has 0 spiro atoms. The lowest BCUT2D eigenvalue weighted by Gasteiger charge is -2.14. The molecule has 18 heavy (non-hydrogen) atoms. The molecule has 0 aliphatic carbocycles. The van der Waals surface area contributed by atoms with E-state index in [1.807, 2.05) is 55.5 Å². The molecular formula is C14H14N2OS. The van der Waals surface area contributed by atoms with E-state index in [0.29, 0.717) is 5.75 Å². The van der Waals surface area contributed by atoms with Crippen molar-refractivity contribution in [1.82, 2.24) is 0 Å². The number of hydrogen-bond acceptors (Lipinski definition) is 2. The lowest BCUT2D eigenvalue weighted by molar-refractivity contribution is 0.484. The van der Waals surface area contributed by atoms with Crippen molar-refractivity contribution < 1.29 is 4.74 Å². The number of nitrogens with one attached hydrogen (secondary N) is 1. The van der Waals surface area contributed by atoms with Crippen LogP contribution in [0.4, 0.5) is 5.69 Å². The highest BCUT2D eigenvalue weighted by molar-refractivity contribution is 7.80. The average molecular weight is 258 g/mol. The fraction of sp³-hybridized carbons (Fsp3) is 0.0714. The molecule has 3 N–H and O–H groups in total. The van der Waals surface area contributed by atoms with E-state index >= 15 is 0 Å². The minimum atomic E-state index is 0.224. The van der Waals surface area contributed by atoms with Crippen LogP contribution in [0.25, 0.3) is 0 Å². The van der Waals surface area contributed by atoms with Crippen molar-refractivity contribution in [3.63, 3.8) is 0 Å². The molecule has 0 saturated heterocycles. The highest BCUT2D eigenvalue weighted by Gasteiger charge is 2.08. The molecule has 0 atom stereocenters. The summed E-state index contributed by atoms with van der Waals surface area (Å²) in [5.74, 6) is 1.48. The Labute approximate surface area is 112 Å². The van der Waals surface area contributed by atoms with Crippen molar-refractivity contribution in [3.8, 4) is 11.5 Å². The molecule has 4 heteroatoms. The van der Waals surface area contributed by atoms with E-state index in [9.17, 15) is 0 Å². The molecule has 0 aliphatic heterocycles. The van der Waals surface area contributed by atoms with Gasteiger partial charge in [-0.15, -0.1) is 0 Å². The van der Waals surface area contributed by atoms with Crippen LogP contribution in [0.5, 0.6) is 11.5 Å². The zero-order valence-corrected chi connectivity index (χ0v) is 10.8. The van der Waals surface area contributed by atoms with E-state index in [2.05, 4.69) is 5.32 Å². The number of para-hydroxylation sites is 2. The molecule has 0 fully saturated rings. The Balaban J connectivity index is 2.32. The molecule has 2 aromatic rings. The van der Waals surface area contributed by atoms with E-state index in [1.165, 1.54) is 0 Å². The molecule has 0 unspecified atom stereocenters. The summed E-state index contributed by atoms with van der Waals surface area (Å²) in [5.41, 5.74) is 7.34. The average Bonchev–Trinajstić information content (AvgIpc) is 2.34. The summed E-state index contributed by atoms with van der Waals surface area (Å²) in [6, 6.07) is 15.4. The molecule has 0 bridgehead atoms. The zero-order chi connectivity index (χ0) is 13.0. The molecule has 2 rings (SSSR count). The number of nitrogens with two attached hydrogens (primary N) is 1. The fourth-order valence-corrected chi connectivity index (χ4v) is 1.73. The van der Waals surface area contributed by atoms with Crippen molar-refractivity contribution in [2.75, 3.05) is 5.32 Å². The van der Waals surface area contributed by atoms with Gasteiger partial charge >= 0.3 is 0 Å². The summed E-state index contributed by atoms with van der Waals surface area (Å²) in [7, 11) is 0. The fourth-order valence-electron chi connectivity index (χ4n) is 1.62. The molecule has 0 aromatic heterocycles. The first-order chi connectivity index (χ1) is 8.66. The molecule has 0 saturated carbocycles. The van der Waals surface area contributed by atoms with Gasteiger partial charge in [0.1, 0.15) is 5.75 Å². The molecule has 0 heterocycles. The van der Waals surface area contributed by atoms with Gasteiger partial charge < -0.3 is 15.8 Å². The second-order valence-electron chi connectivity index (χ2n) is 3.85. The Bertz CT molecular complexity index is 555. The Hall–Kier alpha value is -2.07. The summed E-state index contributed by atoms with van der Waals surface area (Å²) >= 11 is 4.87. The first-order valence-electron chi connectivity index (χ1n) is 5.56. The molecule has 2 aromatic carbocycles. The third-order valence-corrected chi connectivity index (χ3v) is 2.56. The first kappa shape index (κ1) is 12.4. The van der Waals surface area contributed by atoms with E-state index in [0.717, 1.165) is 17.0 Å². The van der Waals surface area contributed by atoms with Crippen LogP contribution >= 0.6 is 12.2 Å². The summed E-state index contributed by atoms with van der Waals surface area (Å²) < 4.78 is 5.81. The Morgan fingerprint density at radius 3 is 2.50 bits per heavy atom. The van der Waals surface area contributed by atoms with Crippen molar-refractivity contribution in [3.05, 3.63) is 54.1 Å². The van der Waals surface area contributed by atoms with Gasteiger partial charge in [0, 0.05) is 0 Å². The van der Waals surface area contributed by atoms with Crippen LogP contribution in [0, 0.1) is 6.92 Å². The van der Waals surface area contributed by atoms with Gasteiger partial charge in [-0.25, -0.2) is 0 Å². The van der Waals surface area contributed by atoms with Crippen LogP contribution in [0.2, 0.25) is 0 Å². The third-order valence-electron chi connectivity index (χ3n) is 2.45. The van der Waals surface area contributed by atoms with Crippen LogP contribution in [0.1, 0.15) is 5.56 Å². The maximum absolute atomic E-state index is 5.81. The van der Waals surface area contributed by atoms with Crippen LogP contribution < -0.4 is 15.8 Å². The number of hydrogen-bond donors (Lipinski definition) is 2. The highest BCUT2D eigenvalue weighted by Crippen LogP contribution is 2.31. The zero-order valence-electron chi connectivity index (χ0n) is 10.0. The van der Waals surface area contributed by atoms with Gasteiger partial charge in [0.2, 0.25) is 0 Å². The molecular weight excluding hydrogens is 244 g/mol. The second-order valence-corrected chi connectivity index (χ2v) is 4.29. The van der Waals surface area contributed by atoms with Gasteiger partial charge in [0.25, 0.3) is 0 Å². The minimum Gasteiger partial charge on any atom is -0.455 e. The molecule has 0 aliphatic rings. The van der Waals surface area contributed by atoms with Crippen molar-refractivity contribution in [2.45, 2.75) is 6.92 Å². The van der Waals surface area contributed by atoms with E-state index in [-0.39, 0.29) is 5.11 Å². The largest absolute Gasteiger partial charge is 0.455 e. The normalized spacial score (nSPS) is 9.83. The topological polar surface area (TPSA) is 47.3 Å². The molecule has 3 nitrogen and oxygen atoms in total.